The van der Waals surface area contributed by atoms with E-state index in [-0.39, 0.29) is 0 Å². The first-order valence-electron chi connectivity index (χ1n) is 8.04. The van der Waals surface area contributed by atoms with Crippen molar-refractivity contribution >= 4 is 0 Å². The molecule has 0 spiro atoms. The number of hydrogen-bond acceptors (Lipinski definition) is 1. The zero-order chi connectivity index (χ0) is 13.9. The van der Waals surface area contributed by atoms with E-state index in [9.17, 15) is 0 Å². The Balaban J connectivity index is 2.81. The monoisotopic (exact) mass is 262 g/mol. The van der Waals surface area contributed by atoms with Gasteiger partial charge in [-0.2, -0.15) is 0 Å². The van der Waals surface area contributed by atoms with Crippen molar-refractivity contribution in [2.24, 2.45) is 0 Å². The molecule has 1 heteroatoms. The largest absolute Gasteiger partial charge is 0.396 e. The van der Waals surface area contributed by atoms with Crippen LogP contribution in [0.4, 0.5) is 0 Å². The minimum absolute atomic E-state index is 0.321. The quantitative estimate of drug-likeness (QED) is 0.607. The maximum Gasteiger partial charge on any atom is 0.0431 e. The molecular formula is C18H30O. The molecule has 0 aliphatic heterocycles. The van der Waals surface area contributed by atoms with Gasteiger partial charge in [-0.3, -0.25) is 0 Å². The molecule has 0 radical (unpaired) electrons. The zero-order valence-corrected chi connectivity index (χ0v) is 12.8. The van der Waals surface area contributed by atoms with Crippen LogP contribution in [0.15, 0.2) is 18.2 Å². The summed E-state index contributed by atoms with van der Waals surface area (Å²) in [5.41, 5.74) is 4.68. The number of aliphatic hydroxyl groups is 1. The van der Waals surface area contributed by atoms with Crippen molar-refractivity contribution < 1.29 is 5.11 Å². The Hall–Kier alpha value is -0.820. The van der Waals surface area contributed by atoms with Gasteiger partial charge in [0.2, 0.25) is 0 Å². The first-order valence-corrected chi connectivity index (χ1v) is 8.04. The fraction of sp³-hybridized carbons (Fsp3) is 0.667. The van der Waals surface area contributed by atoms with E-state index in [0.717, 1.165) is 19.3 Å². The van der Waals surface area contributed by atoms with Crippen LogP contribution < -0.4 is 0 Å². The normalized spacial score (nSPS) is 10.9. The molecule has 1 aromatic carbocycles. The lowest BCUT2D eigenvalue weighted by atomic mass is 9.91. The molecule has 1 N–H and O–H groups in total. The van der Waals surface area contributed by atoms with Crippen molar-refractivity contribution in [1.29, 1.82) is 0 Å². The first-order chi connectivity index (χ1) is 9.33. The number of rotatable bonds is 10. The maximum absolute atomic E-state index is 8.97. The molecule has 0 saturated carbocycles. The van der Waals surface area contributed by atoms with Crippen LogP contribution in [0.2, 0.25) is 0 Å². The molecule has 0 amide bonds. The van der Waals surface area contributed by atoms with E-state index >= 15 is 0 Å². The summed E-state index contributed by atoms with van der Waals surface area (Å²) in [7, 11) is 0. The van der Waals surface area contributed by atoms with Gasteiger partial charge in [0.25, 0.3) is 0 Å². The standard InChI is InChI=1S/C18H30O/c1-3-5-10-16-12-9-13-17(11-6-4-2)18(16)14-7-8-15-19/h9,12-13,19H,3-8,10-11,14-15H2,1-2H3. The second-order valence-corrected chi connectivity index (χ2v) is 5.44. The molecule has 1 aromatic rings. The van der Waals surface area contributed by atoms with Gasteiger partial charge in [0.15, 0.2) is 0 Å². The van der Waals surface area contributed by atoms with E-state index < -0.39 is 0 Å². The van der Waals surface area contributed by atoms with Crippen LogP contribution in [-0.4, -0.2) is 11.7 Å². The average Bonchev–Trinajstić information content (AvgIpc) is 2.44. The van der Waals surface area contributed by atoms with Crippen molar-refractivity contribution in [3.8, 4) is 0 Å². The Morgan fingerprint density at radius 3 is 1.84 bits per heavy atom. The smallest absolute Gasteiger partial charge is 0.0431 e. The van der Waals surface area contributed by atoms with E-state index in [1.54, 1.807) is 16.7 Å². The minimum atomic E-state index is 0.321. The van der Waals surface area contributed by atoms with Crippen LogP contribution in [-0.2, 0) is 19.3 Å². The van der Waals surface area contributed by atoms with Crippen LogP contribution in [0.25, 0.3) is 0 Å². The minimum Gasteiger partial charge on any atom is -0.396 e. The first kappa shape index (κ1) is 16.2. The third-order valence-electron chi connectivity index (χ3n) is 3.80. The highest BCUT2D eigenvalue weighted by Crippen LogP contribution is 2.21. The SMILES string of the molecule is CCCCc1cccc(CCCC)c1CCCCO. The molecule has 0 aliphatic carbocycles. The summed E-state index contributed by atoms with van der Waals surface area (Å²) in [6.07, 6.45) is 10.7. The molecule has 0 unspecified atom stereocenters. The van der Waals surface area contributed by atoms with E-state index in [0.29, 0.717) is 6.61 Å². The summed E-state index contributed by atoms with van der Waals surface area (Å²) < 4.78 is 0. The van der Waals surface area contributed by atoms with Crippen LogP contribution in [0.3, 0.4) is 0 Å². The Morgan fingerprint density at radius 1 is 0.789 bits per heavy atom. The summed E-state index contributed by atoms with van der Waals surface area (Å²) in [6.45, 7) is 4.83. The fourth-order valence-electron chi connectivity index (χ4n) is 2.63. The van der Waals surface area contributed by atoms with Crippen molar-refractivity contribution in [2.45, 2.75) is 71.6 Å². The van der Waals surface area contributed by atoms with Crippen molar-refractivity contribution in [3.63, 3.8) is 0 Å². The van der Waals surface area contributed by atoms with Gasteiger partial charge >= 0.3 is 0 Å². The Kier molecular flexibility index (Phi) is 8.57. The van der Waals surface area contributed by atoms with Gasteiger partial charge in [0, 0.05) is 6.61 Å². The molecule has 1 rings (SSSR count). The molecule has 0 bridgehead atoms. The van der Waals surface area contributed by atoms with Crippen molar-refractivity contribution in [2.75, 3.05) is 6.61 Å². The van der Waals surface area contributed by atoms with Gasteiger partial charge in [0.1, 0.15) is 0 Å². The zero-order valence-electron chi connectivity index (χ0n) is 12.8. The summed E-state index contributed by atoms with van der Waals surface area (Å²) in [6, 6.07) is 6.84. The Morgan fingerprint density at radius 2 is 1.37 bits per heavy atom. The third kappa shape index (κ3) is 5.78. The van der Waals surface area contributed by atoms with Crippen molar-refractivity contribution in [1.82, 2.24) is 0 Å². The number of unbranched alkanes of at least 4 members (excludes halogenated alkanes) is 3. The van der Waals surface area contributed by atoms with Gasteiger partial charge in [-0.1, -0.05) is 44.9 Å². The highest BCUT2D eigenvalue weighted by Gasteiger charge is 2.07. The van der Waals surface area contributed by atoms with Gasteiger partial charge in [-0.05, 0) is 61.6 Å². The van der Waals surface area contributed by atoms with Crippen LogP contribution in [0.5, 0.6) is 0 Å². The molecule has 1 nitrogen and oxygen atoms in total. The molecule has 0 heterocycles. The number of aliphatic hydroxyl groups excluding tert-OH is 1. The maximum atomic E-state index is 8.97. The lowest BCUT2D eigenvalue weighted by molar-refractivity contribution is 0.284. The van der Waals surface area contributed by atoms with Gasteiger partial charge < -0.3 is 5.11 Å². The summed E-state index contributed by atoms with van der Waals surface area (Å²) >= 11 is 0. The molecule has 108 valence electrons. The van der Waals surface area contributed by atoms with Gasteiger partial charge in [0.05, 0.1) is 0 Å². The van der Waals surface area contributed by atoms with Gasteiger partial charge in [-0.25, -0.2) is 0 Å². The lowest BCUT2D eigenvalue weighted by Gasteiger charge is -2.15. The lowest BCUT2D eigenvalue weighted by Crippen LogP contribution is -2.02. The van der Waals surface area contributed by atoms with E-state index in [1.165, 1.54) is 38.5 Å². The Labute approximate surface area is 119 Å². The molecule has 0 atom stereocenters. The average molecular weight is 262 g/mol. The summed E-state index contributed by atoms with van der Waals surface area (Å²) in [5, 5.41) is 8.97. The highest BCUT2D eigenvalue weighted by atomic mass is 16.2. The molecule has 19 heavy (non-hydrogen) atoms. The molecule has 0 fully saturated rings. The van der Waals surface area contributed by atoms with E-state index in [2.05, 4.69) is 32.0 Å². The number of hydrogen-bond donors (Lipinski definition) is 1. The second-order valence-electron chi connectivity index (χ2n) is 5.44. The molecule has 0 aromatic heterocycles. The summed E-state index contributed by atoms with van der Waals surface area (Å²) in [4.78, 5) is 0. The van der Waals surface area contributed by atoms with Crippen molar-refractivity contribution in [3.05, 3.63) is 34.9 Å². The molecular weight excluding hydrogens is 232 g/mol. The molecule has 0 aliphatic rings. The van der Waals surface area contributed by atoms with E-state index in [4.69, 9.17) is 5.11 Å². The molecule has 0 saturated heterocycles. The third-order valence-corrected chi connectivity index (χ3v) is 3.80. The predicted octanol–water partition coefficient (Wildman–Crippen LogP) is 4.69. The second kappa shape index (κ2) is 10.0. The highest BCUT2D eigenvalue weighted by molar-refractivity contribution is 5.36. The van der Waals surface area contributed by atoms with Gasteiger partial charge in [-0.15, -0.1) is 0 Å². The number of benzene rings is 1. The Bertz CT molecular complexity index is 317. The fourth-order valence-corrected chi connectivity index (χ4v) is 2.63. The van der Waals surface area contributed by atoms with Crippen LogP contribution >= 0.6 is 0 Å². The number of aryl methyl sites for hydroxylation is 2. The van der Waals surface area contributed by atoms with E-state index in [1.807, 2.05) is 0 Å². The predicted molar refractivity (Wildman–Crippen MR) is 83.7 cm³/mol. The van der Waals surface area contributed by atoms with Crippen LogP contribution in [0.1, 0.15) is 69.1 Å². The summed E-state index contributed by atoms with van der Waals surface area (Å²) in [5.74, 6) is 0. The van der Waals surface area contributed by atoms with Crippen LogP contribution in [0, 0.1) is 0 Å². The topological polar surface area (TPSA) is 20.2 Å².